The Labute approximate surface area is 112 Å². The minimum absolute atomic E-state index is 0.125. The van der Waals surface area contributed by atoms with Gasteiger partial charge in [0.25, 0.3) is 0 Å². The number of nitrogens with one attached hydrogen (secondary N) is 1. The molecular weight excluding hydrogens is 240 g/mol. The highest BCUT2D eigenvalue weighted by atomic mass is 16.2. The summed E-state index contributed by atoms with van der Waals surface area (Å²) >= 11 is 0. The monoisotopic (exact) mass is 258 g/mol. The number of aromatic nitrogens is 2. The molecule has 0 saturated carbocycles. The van der Waals surface area contributed by atoms with Gasteiger partial charge in [0.1, 0.15) is 5.54 Å². The third-order valence-corrected chi connectivity index (χ3v) is 3.14. The predicted octanol–water partition coefficient (Wildman–Crippen LogP) is 1.24. The molecule has 0 spiro atoms. The van der Waals surface area contributed by atoms with E-state index in [4.69, 9.17) is 5.73 Å². The van der Waals surface area contributed by atoms with Crippen LogP contribution in [0.3, 0.4) is 0 Å². The first-order valence-corrected chi connectivity index (χ1v) is 6.09. The maximum atomic E-state index is 12.5. The zero-order valence-corrected chi connectivity index (χ0v) is 11.1. The predicted molar refractivity (Wildman–Crippen MR) is 73.0 cm³/mol. The second kappa shape index (κ2) is 5.24. The van der Waals surface area contributed by atoms with Crippen molar-refractivity contribution >= 4 is 5.91 Å². The van der Waals surface area contributed by atoms with Crippen molar-refractivity contribution in [2.45, 2.75) is 19.0 Å². The summed E-state index contributed by atoms with van der Waals surface area (Å²) in [5.74, 6) is -0.125. The molecule has 0 bridgehead atoms. The summed E-state index contributed by atoms with van der Waals surface area (Å²) in [7, 11) is 1.74. The van der Waals surface area contributed by atoms with E-state index in [1.165, 1.54) is 0 Å². The highest BCUT2D eigenvalue weighted by Gasteiger charge is 2.32. The Morgan fingerprint density at radius 1 is 1.42 bits per heavy atom. The number of carbonyl (C=O) groups is 1. The van der Waals surface area contributed by atoms with E-state index >= 15 is 0 Å². The molecule has 0 fully saturated rings. The largest absolute Gasteiger partial charge is 0.339 e. The van der Waals surface area contributed by atoms with Gasteiger partial charge >= 0.3 is 0 Å². The van der Waals surface area contributed by atoms with Crippen molar-refractivity contribution < 1.29 is 4.79 Å². The van der Waals surface area contributed by atoms with Crippen LogP contribution in [-0.2, 0) is 16.9 Å². The van der Waals surface area contributed by atoms with Gasteiger partial charge in [-0.3, -0.25) is 9.89 Å². The van der Waals surface area contributed by atoms with Crippen LogP contribution in [0, 0.1) is 0 Å². The van der Waals surface area contributed by atoms with Gasteiger partial charge in [-0.2, -0.15) is 5.10 Å². The lowest BCUT2D eigenvalue weighted by Crippen LogP contribution is -2.49. The topological polar surface area (TPSA) is 75.0 Å². The number of aromatic amines is 1. The molecule has 0 saturated heterocycles. The van der Waals surface area contributed by atoms with Crippen LogP contribution in [0.4, 0.5) is 0 Å². The molecule has 1 aromatic carbocycles. The van der Waals surface area contributed by atoms with Gasteiger partial charge in [0, 0.05) is 25.4 Å². The number of amides is 1. The first-order valence-electron chi connectivity index (χ1n) is 6.09. The zero-order chi connectivity index (χ0) is 13.9. The fourth-order valence-corrected chi connectivity index (χ4v) is 2.01. The van der Waals surface area contributed by atoms with E-state index < -0.39 is 5.54 Å². The number of hydrogen-bond acceptors (Lipinski definition) is 3. The van der Waals surface area contributed by atoms with Crippen LogP contribution in [0.15, 0.2) is 42.7 Å². The van der Waals surface area contributed by atoms with E-state index in [9.17, 15) is 4.79 Å². The van der Waals surface area contributed by atoms with Crippen molar-refractivity contribution in [1.29, 1.82) is 0 Å². The molecule has 0 aliphatic rings. The molecule has 19 heavy (non-hydrogen) atoms. The van der Waals surface area contributed by atoms with Crippen LogP contribution in [0.2, 0.25) is 0 Å². The minimum atomic E-state index is -1.03. The van der Waals surface area contributed by atoms with Crippen LogP contribution in [0.25, 0.3) is 0 Å². The highest BCUT2D eigenvalue weighted by Crippen LogP contribution is 2.20. The molecule has 1 aromatic heterocycles. The standard InChI is InChI=1S/C14H18N4O/c1-14(15,12-6-4-3-5-7-12)13(19)18(2)10-11-8-16-17-9-11/h3-9H,10,15H2,1-2H3,(H,16,17). The highest BCUT2D eigenvalue weighted by molar-refractivity contribution is 5.86. The van der Waals surface area contributed by atoms with E-state index in [2.05, 4.69) is 10.2 Å². The number of rotatable bonds is 4. The van der Waals surface area contributed by atoms with Crippen molar-refractivity contribution in [3.63, 3.8) is 0 Å². The summed E-state index contributed by atoms with van der Waals surface area (Å²) in [5.41, 5.74) is 6.92. The molecule has 0 aliphatic heterocycles. The van der Waals surface area contributed by atoms with Crippen LogP contribution < -0.4 is 5.73 Å². The Hall–Kier alpha value is -2.14. The smallest absolute Gasteiger partial charge is 0.247 e. The zero-order valence-electron chi connectivity index (χ0n) is 11.1. The Balaban J connectivity index is 2.14. The molecule has 1 amide bonds. The molecule has 1 heterocycles. The van der Waals surface area contributed by atoms with Crippen LogP contribution >= 0.6 is 0 Å². The number of nitrogens with zero attached hydrogens (tertiary/aromatic N) is 2. The molecule has 5 nitrogen and oxygen atoms in total. The number of H-pyrrole nitrogens is 1. The average Bonchev–Trinajstić information content (AvgIpc) is 2.91. The quantitative estimate of drug-likeness (QED) is 0.866. The van der Waals surface area contributed by atoms with Crippen LogP contribution in [0.1, 0.15) is 18.1 Å². The van der Waals surface area contributed by atoms with E-state index in [1.807, 2.05) is 30.3 Å². The van der Waals surface area contributed by atoms with E-state index in [1.54, 1.807) is 31.3 Å². The maximum Gasteiger partial charge on any atom is 0.247 e. The number of hydrogen-bond donors (Lipinski definition) is 2. The number of likely N-dealkylation sites (N-methyl/N-ethyl adjacent to an activating group) is 1. The van der Waals surface area contributed by atoms with Crippen molar-refractivity contribution in [2.24, 2.45) is 5.73 Å². The van der Waals surface area contributed by atoms with Gasteiger partial charge in [-0.1, -0.05) is 30.3 Å². The van der Waals surface area contributed by atoms with E-state index in [0.717, 1.165) is 11.1 Å². The average molecular weight is 258 g/mol. The molecular formula is C14H18N4O. The van der Waals surface area contributed by atoms with Crippen LogP contribution in [-0.4, -0.2) is 28.1 Å². The van der Waals surface area contributed by atoms with E-state index in [-0.39, 0.29) is 5.91 Å². The summed E-state index contributed by atoms with van der Waals surface area (Å²) in [6.45, 7) is 2.21. The molecule has 5 heteroatoms. The van der Waals surface area contributed by atoms with Crippen molar-refractivity contribution in [2.75, 3.05) is 7.05 Å². The van der Waals surface area contributed by atoms with Crippen molar-refractivity contribution in [3.05, 3.63) is 53.9 Å². The van der Waals surface area contributed by atoms with Gasteiger partial charge in [-0.05, 0) is 12.5 Å². The SMILES string of the molecule is CN(Cc1cn[nH]c1)C(=O)C(C)(N)c1ccccc1. The summed E-state index contributed by atoms with van der Waals surface area (Å²) in [6.07, 6.45) is 3.46. The molecule has 1 atom stereocenters. The normalized spacial score (nSPS) is 13.8. The Bertz CT molecular complexity index is 534. The van der Waals surface area contributed by atoms with Gasteiger partial charge in [-0.15, -0.1) is 0 Å². The van der Waals surface area contributed by atoms with Crippen molar-refractivity contribution in [1.82, 2.24) is 15.1 Å². The molecule has 2 aromatic rings. The Morgan fingerprint density at radius 2 is 2.11 bits per heavy atom. The lowest BCUT2D eigenvalue weighted by Gasteiger charge is -2.29. The van der Waals surface area contributed by atoms with E-state index in [0.29, 0.717) is 6.54 Å². The third kappa shape index (κ3) is 2.82. The second-order valence-electron chi connectivity index (χ2n) is 4.84. The third-order valence-electron chi connectivity index (χ3n) is 3.14. The Kier molecular flexibility index (Phi) is 3.66. The summed E-state index contributed by atoms with van der Waals surface area (Å²) in [4.78, 5) is 14.1. The van der Waals surface area contributed by atoms with Crippen LogP contribution in [0.5, 0.6) is 0 Å². The summed E-state index contributed by atoms with van der Waals surface area (Å²) < 4.78 is 0. The fourth-order valence-electron chi connectivity index (χ4n) is 2.01. The lowest BCUT2D eigenvalue weighted by atomic mass is 9.91. The van der Waals surface area contributed by atoms with Gasteiger partial charge in [-0.25, -0.2) is 0 Å². The first-order chi connectivity index (χ1) is 9.01. The fraction of sp³-hybridized carbons (Fsp3) is 0.286. The van der Waals surface area contributed by atoms with Gasteiger partial charge in [0.05, 0.1) is 6.20 Å². The van der Waals surface area contributed by atoms with Gasteiger partial charge in [0.2, 0.25) is 5.91 Å². The first kappa shape index (κ1) is 13.3. The number of carbonyl (C=O) groups excluding carboxylic acids is 1. The summed E-state index contributed by atoms with van der Waals surface area (Å²) in [5, 5.41) is 6.59. The molecule has 100 valence electrons. The molecule has 1 unspecified atom stereocenters. The second-order valence-corrected chi connectivity index (χ2v) is 4.84. The molecule has 0 radical (unpaired) electrons. The molecule has 3 N–H and O–H groups in total. The van der Waals surface area contributed by atoms with Crippen molar-refractivity contribution in [3.8, 4) is 0 Å². The lowest BCUT2D eigenvalue weighted by molar-refractivity contribution is -0.136. The van der Waals surface area contributed by atoms with Gasteiger partial charge < -0.3 is 10.6 Å². The molecule has 0 aliphatic carbocycles. The number of benzene rings is 1. The van der Waals surface area contributed by atoms with Gasteiger partial charge in [0.15, 0.2) is 0 Å². The minimum Gasteiger partial charge on any atom is -0.339 e. The number of nitrogens with two attached hydrogens (primary N) is 1. The molecule has 2 rings (SSSR count). The Morgan fingerprint density at radius 3 is 2.68 bits per heavy atom. The summed E-state index contributed by atoms with van der Waals surface area (Å²) in [6, 6.07) is 9.39. The maximum absolute atomic E-state index is 12.5.